The van der Waals surface area contributed by atoms with Crippen molar-refractivity contribution >= 4 is 38.6 Å². The first kappa shape index (κ1) is 16.2. The van der Waals surface area contributed by atoms with Crippen molar-refractivity contribution in [1.29, 1.82) is 0 Å². The summed E-state index contributed by atoms with van der Waals surface area (Å²) in [5.41, 5.74) is 3.07. The van der Waals surface area contributed by atoms with E-state index in [-0.39, 0.29) is 0 Å². The number of pyridine rings is 1. The summed E-state index contributed by atoms with van der Waals surface area (Å²) < 4.78 is 18.0. The molecule has 0 N–H and O–H groups in total. The second-order valence-corrected chi connectivity index (χ2v) is 6.79. The van der Waals surface area contributed by atoms with Crippen LogP contribution in [0.25, 0.3) is 22.4 Å². The molecule has 8 heteroatoms. The van der Waals surface area contributed by atoms with Crippen molar-refractivity contribution in [2.24, 2.45) is 0 Å². The van der Waals surface area contributed by atoms with Crippen molar-refractivity contribution in [2.75, 3.05) is 0 Å². The van der Waals surface area contributed by atoms with Crippen LogP contribution in [-0.4, -0.2) is 24.1 Å². The molecule has 0 atom stereocenters. The maximum atomic E-state index is 13.7. The number of benzene rings is 1. The number of halogens is 3. The highest BCUT2D eigenvalue weighted by molar-refractivity contribution is 9.10. The number of hydrogen-bond acceptors (Lipinski definition) is 3. The van der Waals surface area contributed by atoms with Crippen LogP contribution in [0.5, 0.6) is 0 Å². The fraction of sp³-hybridized carbons (Fsp3) is 0.118. The van der Waals surface area contributed by atoms with E-state index < -0.39 is 6.80 Å². The van der Waals surface area contributed by atoms with E-state index in [0.717, 1.165) is 15.7 Å². The summed E-state index contributed by atoms with van der Waals surface area (Å²) in [6.45, 7) is -0.0907. The Balaban J connectivity index is 1.78. The third-order valence-corrected chi connectivity index (χ3v) is 4.79. The smallest absolute Gasteiger partial charge is 0.167 e. The first-order valence-corrected chi connectivity index (χ1v) is 8.64. The molecule has 5 nitrogen and oxygen atoms in total. The van der Waals surface area contributed by atoms with Crippen LogP contribution in [0.15, 0.2) is 53.8 Å². The van der Waals surface area contributed by atoms with Crippen molar-refractivity contribution in [3.63, 3.8) is 0 Å². The van der Waals surface area contributed by atoms with E-state index in [4.69, 9.17) is 11.6 Å². The van der Waals surface area contributed by atoms with Crippen LogP contribution in [-0.2, 0) is 13.3 Å². The first-order chi connectivity index (χ1) is 12.2. The zero-order valence-electron chi connectivity index (χ0n) is 12.9. The largest absolute Gasteiger partial charge is 0.321 e. The second-order valence-electron chi connectivity index (χ2n) is 5.54. The molecule has 0 fully saturated rings. The topological polar surface area (TPSA) is 48.5 Å². The van der Waals surface area contributed by atoms with Gasteiger partial charge in [0.15, 0.2) is 6.80 Å². The molecule has 0 bridgehead atoms. The normalized spacial score (nSPS) is 11.3. The number of imidazole rings is 2. The minimum atomic E-state index is -0.691. The van der Waals surface area contributed by atoms with Gasteiger partial charge in [-0.15, -0.1) is 0 Å². The average molecular weight is 421 g/mol. The van der Waals surface area contributed by atoms with Gasteiger partial charge in [-0.05, 0) is 45.8 Å². The van der Waals surface area contributed by atoms with Crippen molar-refractivity contribution in [2.45, 2.75) is 13.3 Å². The van der Waals surface area contributed by atoms with Crippen LogP contribution in [0.1, 0.15) is 5.56 Å². The predicted molar refractivity (Wildman–Crippen MR) is 98.1 cm³/mol. The van der Waals surface area contributed by atoms with E-state index in [1.807, 2.05) is 10.6 Å². The molecule has 3 aromatic heterocycles. The van der Waals surface area contributed by atoms with Gasteiger partial charge in [-0.1, -0.05) is 11.6 Å². The van der Waals surface area contributed by atoms with Gasteiger partial charge in [0, 0.05) is 23.0 Å². The highest BCUT2D eigenvalue weighted by Gasteiger charge is 2.14. The van der Waals surface area contributed by atoms with Gasteiger partial charge in [0.2, 0.25) is 0 Å². The van der Waals surface area contributed by atoms with Crippen LogP contribution < -0.4 is 0 Å². The minimum Gasteiger partial charge on any atom is -0.321 e. The third-order valence-electron chi connectivity index (χ3n) is 3.90. The number of rotatable bonds is 4. The fourth-order valence-electron chi connectivity index (χ4n) is 2.75. The van der Waals surface area contributed by atoms with Gasteiger partial charge in [0.25, 0.3) is 0 Å². The Morgan fingerprint density at radius 3 is 2.76 bits per heavy atom. The molecule has 0 aliphatic carbocycles. The van der Waals surface area contributed by atoms with Gasteiger partial charge in [-0.25, -0.2) is 14.4 Å². The van der Waals surface area contributed by atoms with Gasteiger partial charge in [-0.3, -0.25) is 9.55 Å². The number of hydrogen-bond donors (Lipinski definition) is 0. The van der Waals surface area contributed by atoms with Gasteiger partial charge in [-0.2, -0.15) is 0 Å². The molecule has 0 radical (unpaired) electrons. The molecule has 0 amide bonds. The highest BCUT2D eigenvalue weighted by Crippen LogP contribution is 2.27. The molecule has 0 saturated carbocycles. The van der Waals surface area contributed by atoms with E-state index in [9.17, 15) is 4.39 Å². The number of aromatic nitrogens is 5. The fourth-order valence-corrected chi connectivity index (χ4v) is 3.25. The quantitative estimate of drug-likeness (QED) is 0.481. The standard InChI is InChI=1S/C17H12BrClFN5/c18-16-7-22-10-24(16)8-11-3-12(6-21-5-11)17-23-14-2-1-13(19)4-15(14)25(17)9-20/h1-7,10H,8-9H2. The molecule has 25 heavy (non-hydrogen) atoms. The van der Waals surface area contributed by atoms with Crippen LogP contribution in [0.3, 0.4) is 0 Å². The summed E-state index contributed by atoms with van der Waals surface area (Å²) in [6, 6.07) is 7.20. The summed E-state index contributed by atoms with van der Waals surface area (Å²) in [5, 5.41) is 0.547. The van der Waals surface area contributed by atoms with Crippen LogP contribution in [0.4, 0.5) is 4.39 Å². The Bertz CT molecular complexity index is 1060. The molecular formula is C17H12BrClFN5. The van der Waals surface area contributed by atoms with E-state index in [1.165, 1.54) is 4.57 Å². The molecule has 0 aliphatic rings. The van der Waals surface area contributed by atoms with Crippen molar-refractivity contribution in [3.05, 3.63) is 64.4 Å². The lowest BCUT2D eigenvalue weighted by Gasteiger charge is -2.08. The van der Waals surface area contributed by atoms with Crippen LogP contribution >= 0.6 is 27.5 Å². The number of nitrogens with zero attached hydrogens (tertiary/aromatic N) is 5. The molecule has 0 saturated heterocycles. The maximum absolute atomic E-state index is 13.7. The Morgan fingerprint density at radius 1 is 1.12 bits per heavy atom. The monoisotopic (exact) mass is 419 g/mol. The third kappa shape index (κ3) is 3.05. The molecule has 1 aromatic carbocycles. The molecule has 126 valence electrons. The molecule has 0 aliphatic heterocycles. The molecular weight excluding hydrogens is 409 g/mol. The Labute approximate surface area is 156 Å². The van der Waals surface area contributed by atoms with Gasteiger partial charge in [0.05, 0.1) is 30.1 Å². The lowest BCUT2D eigenvalue weighted by atomic mass is 10.2. The molecule has 4 rings (SSSR count). The van der Waals surface area contributed by atoms with Crippen molar-refractivity contribution in [3.8, 4) is 11.4 Å². The van der Waals surface area contributed by atoms with E-state index >= 15 is 0 Å². The number of fused-ring (bicyclic) bond motifs is 1. The average Bonchev–Trinajstić information content (AvgIpc) is 3.18. The van der Waals surface area contributed by atoms with Gasteiger partial charge >= 0.3 is 0 Å². The Kier molecular flexibility index (Phi) is 4.27. The highest BCUT2D eigenvalue weighted by atomic mass is 79.9. The first-order valence-electron chi connectivity index (χ1n) is 7.47. The van der Waals surface area contributed by atoms with Crippen molar-refractivity contribution in [1.82, 2.24) is 24.1 Å². The van der Waals surface area contributed by atoms with E-state index in [1.54, 1.807) is 43.1 Å². The van der Waals surface area contributed by atoms with E-state index in [0.29, 0.717) is 28.4 Å². The SMILES string of the molecule is FCn1c(-c2cncc(Cn3cncc3Br)c2)nc2ccc(Cl)cc21. The lowest BCUT2D eigenvalue weighted by Crippen LogP contribution is -2.01. The summed E-state index contributed by atoms with van der Waals surface area (Å²) >= 11 is 9.47. The van der Waals surface area contributed by atoms with E-state index in [2.05, 4.69) is 30.9 Å². The van der Waals surface area contributed by atoms with Gasteiger partial charge < -0.3 is 4.57 Å². The van der Waals surface area contributed by atoms with Crippen molar-refractivity contribution < 1.29 is 4.39 Å². The molecule has 3 heterocycles. The van der Waals surface area contributed by atoms with Gasteiger partial charge in [0.1, 0.15) is 10.4 Å². The molecule has 0 unspecified atom stereocenters. The summed E-state index contributed by atoms with van der Waals surface area (Å²) in [5.74, 6) is 0.527. The summed E-state index contributed by atoms with van der Waals surface area (Å²) in [7, 11) is 0. The van der Waals surface area contributed by atoms with Crippen LogP contribution in [0, 0.1) is 0 Å². The van der Waals surface area contributed by atoms with Crippen LogP contribution in [0.2, 0.25) is 5.02 Å². The summed E-state index contributed by atoms with van der Waals surface area (Å²) in [4.78, 5) is 12.9. The zero-order chi connectivity index (χ0) is 17.4. The summed E-state index contributed by atoms with van der Waals surface area (Å²) in [6.07, 6.45) is 6.91. The predicted octanol–water partition coefficient (Wildman–Crippen LogP) is 4.69. The maximum Gasteiger partial charge on any atom is 0.167 e. The molecule has 0 spiro atoms. The number of alkyl halides is 1. The Morgan fingerprint density at radius 2 is 2.00 bits per heavy atom. The lowest BCUT2D eigenvalue weighted by molar-refractivity contribution is 0.387. The zero-order valence-corrected chi connectivity index (χ0v) is 15.2. The minimum absolute atomic E-state index is 0.527. The second kappa shape index (κ2) is 6.57. The Hall–Kier alpha value is -2.25. The molecule has 4 aromatic rings.